The molecule has 0 radical (unpaired) electrons. The van der Waals surface area contributed by atoms with Gasteiger partial charge in [0.2, 0.25) is 0 Å². The van der Waals surface area contributed by atoms with Crippen LogP contribution in [-0.2, 0) is 929 Å². The summed E-state index contributed by atoms with van der Waals surface area (Å²) in [7, 11) is 182. The summed E-state index contributed by atoms with van der Waals surface area (Å²) < 4.78 is 12.4. The van der Waals surface area contributed by atoms with Crippen molar-refractivity contribution in [2.24, 2.45) is 0 Å². The van der Waals surface area contributed by atoms with Crippen LogP contribution in [0.2, 0.25) is 0 Å². The van der Waals surface area contributed by atoms with Crippen LogP contribution in [0.15, 0.2) is 84.9 Å². The Balaban J connectivity index is 0.000000959. The Bertz CT molecular complexity index is 9850. The highest BCUT2D eigenvalue weighted by Crippen LogP contribution is 2.36. The minimum Gasteiger partial charge on any atom is -0.399 e. The van der Waals surface area contributed by atoms with Crippen LogP contribution in [-0.4, -0.2) is 33.3 Å². The van der Waals surface area contributed by atoms with Crippen molar-refractivity contribution in [2.75, 3.05) is 0 Å². The lowest BCUT2D eigenvalue weighted by atomic mass is 9.79. The van der Waals surface area contributed by atoms with Crippen LogP contribution >= 0.6 is 0 Å². The van der Waals surface area contributed by atoms with Gasteiger partial charge in [0.25, 0.3) is 0 Å². The van der Waals surface area contributed by atoms with Crippen molar-refractivity contribution in [3.05, 3.63) is 84.9 Å². The zero-order valence-corrected chi connectivity index (χ0v) is 145. The normalized spacial score (nSPS) is 10.0. The van der Waals surface area contributed by atoms with Crippen molar-refractivity contribution in [1.82, 2.24) is 15.0 Å². The fourth-order valence-corrected chi connectivity index (χ4v) is 277. The third kappa shape index (κ3) is 96.2. The number of benzene rings is 3. The average Bonchev–Trinajstić information content (AvgIpc) is 1.62. The Labute approximate surface area is 1080 Å². The van der Waals surface area contributed by atoms with Gasteiger partial charge >= 0.3 is 7.12 Å². The van der Waals surface area contributed by atoms with Gasteiger partial charge in [0.15, 0.2) is 17.5 Å². The summed E-state index contributed by atoms with van der Waals surface area (Å²) in [4.78, 5) is 14.3. The molecule has 0 bridgehead atoms. The van der Waals surface area contributed by atoms with E-state index in [0.717, 1.165) is 22.2 Å². The molecule has 1 saturated heterocycles. The summed E-state index contributed by atoms with van der Waals surface area (Å²) in [5.41, 5.74) is 3.03. The second kappa shape index (κ2) is 118. The molecular weight excluding hydrogens is 3710 g/mol. The van der Waals surface area contributed by atoms with Crippen LogP contribution in [0.3, 0.4) is 0 Å². The molecule has 782 valence electrons. The molecule has 5 rings (SSSR count). The van der Waals surface area contributed by atoms with Crippen LogP contribution in [0.1, 0.15) is 27.7 Å². The predicted octanol–water partition coefficient (Wildman–Crippen LogP) is 4.92. The first-order chi connectivity index (χ1) is 67.2. The van der Waals surface area contributed by atoms with E-state index >= 15 is 0 Å². The lowest BCUT2D eigenvalue weighted by Gasteiger charge is -2.32. The molecule has 0 amide bonds. The van der Waals surface area contributed by atoms with E-state index in [2.05, 4.69) is 27.7 Å². The SMILES string of the molecule is CC1(C)OB(c2ccc(-c3nc(-c4ccccc4)nc(-c4ccccc4)n3)cc2)OC1(C)C.S=S=S=S=S=S=S=S=S=S=S=S=S=S=S=S=S=S=S=S=S=S=S=S=S=S=S=S=S=S=S=S=S=S=S=S=S=S=S=S=S=S=S=S=S=S=S=S=S=S=S=S=S=S=S=S=S=S=S=S=S=S=S=S=S=S=S=S=S=S=S=S=S=S=S=S=S=S=S=S=S=S=S=S=S=S=S=S=S=S=S=S=S=S=S=S=S=S=S=S=S=S=S. The van der Waals surface area contributed by atoms with Gasteiger partial charge in [-0.2, -0.15) is 0 Å². The molecule has 3 aromatic carbocycles. The van der Waals surface area contributed by atoms with Gasteiger partial charge < -0.3 is 9.31 Å². The van der Waals surface area contributed by atoms with Gasteiger partial charge in [-0.05, 0) is 33.2 Å². The first-order valence-electron chi connectivity index (χ1n) is 28.2. The van der Waals surface area contributed by atoms with Gasteiger partial charge in [0.1, 0.15) is 0 Å². The number of hydrogen-bond donors (Lipinski definition) is 0. The molecule has 4 aromatic rings. The third-order valence-corrected chi connectivity index (χ3v) is 231. The Kier molecular flexibility index (Phi) is 128. The standard InChI is InChI=1S/C27H26BN3O2.S103/c1-26(2)27(3,4)33-28(32-26)22-17-15-21(16-18-22)25-30-23(19-11-7-5-8-12-19)29-24(31-25)20-13-9-6-10-14-20;1-3-5-7-9-11-13-15-17-19-21-23-25-27-29-31-33-35-37-39-41-43-45-47-49-51-53-55-57-59-61-63-65-67-69-71-73-75-77-79-81-83-85-87-89-91-93-95-97-99-101-103-102-100-98-96-94-92-90-88-86-84-82-80-78-76-74-72-70-68-66-64-62-60-58-56-54-52-50-48-46-44-42-40-38-36-34-32-30-28-26-24-22-20-18-16-14-12-10-8-6-4-2/h5-18H,1-4H3;. The minimum absolute atomic E-state index is 0.375. The molecule has 0 N–H and O–H groups in total. The maximum absolute atomic E-state index is 6.19. The van der Waals surface area contributed by atoms with Crippen LogP contribution in [0, 0.1) is 0 Å². The van der Waals surface area contributed by atoms with Crippen LogP contribution in [0.4, 0.5) is 0 Å². The van der Waals surface area contributed by atoms with E-state index in [1.165, 1.54) is 17.8 Å². The van der Waals surface area contributed by atoms with E-state index in [1.54, 1.807) is 107 Å². The van der Waals surface area contributed by atoms with Gasteiger partial charge in [0, 0.05) is 936 Å². The number of rotatable bonds is 4. The molecule has 109 heteroatoms. The van der Waals surface area contributed by atoms with E-state index < -0.39 is 7.12 Å². The van der Waals surface area contributed by atoms with Crippen molar-refractivity contribution < 1.29 is 9.31 Å². The smallest absolute Gasteiger partial charge is 0.399 e. The topological polar surface area (TPSA) is 57.1 Å². The second-order valence-electron chi connectivity index (χ2n) is 16.1. The molecule has 1 aliphatic heterocycles. The molecule has 5 nitrogen and oxygen atoms in total. The zero-order valence-electron chi connectivity index (χ0n) is 61.4. The number of hydrogen-bond acceptors (Lipinski definition) is 7. The summed E-state index contributed by atoms with van der Waals surface area (Å²) in [5.74, 6) is 1.92. The quantitative estimate of drug-likeness (QED) is 0.270. The molecule has 0 aliphatic carbocycles. The predicted molar refractivity (Wildman–Crippen MR) is 890 cm³/mol. The van der Waals surface area contributed by atoms with Gasteiger partial charge in [-0.1, -0.05) is 84.9 Å². The summed E-state index contributed by atoms with van der Waals surface area (Å²) in [6, 6.07) is 28.0. The fraction of sp³-hybridized carbons (Fsp3) is 0.222. The molecule has 1 aromatic heterocycles. The first-order valence-corrected chi connectivity index (χ1v) is 164. The minimum atomic E-state index is -0.401. The Morgan fingerprint density at radius 3 is 0.390 bits per heavy atom. The summed E-state index contributed by atoms with van der Waals surface area (Å²) in [6.07, 6.45) is 0. The summed E-state index contributed by atoms with van der Waals surface area (Å²) >= 11 is 9.66. The van der Waals surface area contributed by atoms with Gasteiger partial charge in [-0.25, -0.2) is 15.0 Å². The largest absolute Gasteiger partial charge is 0.494 e. The third-order valence-electron chi connectivity index (χ3n) is 9.17. The van der Waals surface area contributed by atoms with E-state index in [9.17, 15) is 0 Å². The maximum Gasteiger partial charge on any atom is 0.494 e. The fourth-order valence-electron chi connectivity index (χ4n) is 4.83. The van der Waals surface area contributed by atoms with E-state index in [1.807, 2.05) is 858 Å². The van der Waals surface area contributed by atoms with E-state index in [4.69, 9.17) is 46.6 Å². The summed E-state index contributed by atoms with van der Waals surface area (Å²) in [6.45, 7) is 8.23. The van der Waals surface area contributed by atoms with E-state index in [-0.39, 0.29) is 11.2 Å². The Hall–Kier alpha value is 19.3. The maximum atomic E-state index is 6.19. The molecule has 0 atom stereocenters. The first kappa shape index (κ1) is 148. The Morgan fingerprint density at radius 2 is 0.272 bits per heavy atom. The van der Waals surface area contributed by atoms with E-state index in [0.29, 0.717) is 17.5 Å². The molecule has 0 saturated carbocycles. The van der Waals surface area contributed by atoms with Crippen molar-refractivity contribution in [3.8, 4) is 34.2 Å². The molecule has 2 heterocycles. The highest BCUT2D eigenvalue weighted by molar-refractivity contribution is 8.88. The Morgan fingerprint density at radius 1 is 0.162 bits per heavy atom. The molecule has 136 heavy (non-hydrogen) atoms. The van der Waals surface area contributed by atoms with Crippen molar-refractivity contribution in [2.45, 2.75) is 38.9 Å². The van der Waals surface area contributed by atoms with Crippen molar-refractivity contribution in [3.63, 3.8) is 0 Å². The van der Waals surface area contributed by atoms with Crippen LogP contribution < -0.4 is 5.46 Å². The van der Waals surface area contributed by atoms with Crippen molar-refractivity contribution in [1.29, 1.82) is 0 Å². The number of aromatic nitrogens is 3. The number of nitrogens with zero attached hydrogens (tertiary/aromatic N) is 3. The molecule has 1 fully saturated rings. The van der Waals surface area contributed by atoms with Crippen molar-refractivity contribution >= 4 is 932 Å². The van der Waals surface area contributed by atoms with Gasteiger partial charge in [-0.3, -0.25) is 0 Å². The van der Waals surface area contributed by atoms with Gasteiger partial charge in [0.05, 0.1) is 11.2 Å². The lowest BCUT2D eigenvalue weighted by molar-refractivity contribution is 0.00578. The second-order valence-corrected chi connectivity index (χ2v) is 195. The molecule has 0 spiro atoms. The average molecular weight is 3740 g/mol. The summed E-state index contributed by atoms with van der Waals surface area (Å²) in [5, 5.41) is 0. The molecular formula is C27H26BN3O2S103. The van der Waals surface area contributed by atoms with Crippen LogP contribution in [0.5, 0.6) is 0 Å². The zero-order chi connectivity index (χ0) is 96.5. The van der Waals surface area contributed by atoms with Gasteiger partial charge in [-0.15, -0.1) is 0 Å². The van der Waals surface area contributed by atoms with Crippen LogP contribution in [0.25, 0.3) is 34.2 Å². The molecule has 0 unspecified atom stereocenters. The molecule has 1 aliphatic rings. The highest BCUT2D eigenvalue weighted by atomic mass is 33.6. The highest BCUT2D eigenvalue weighted by Gasteiger charge is 2.51. The lowest BCUT2D eigenvalue weighted by Crippen LogP contribution is -2.41. The monoisotopic (exact) mass is 3730 g/mol.